The number of carbonyl (C=O) groups is 1. The minimum Gasteiger partial charge on any atom is -0.465 e. The second-order valence-electron chi connectivity index (χ2n) is 1.99. The molecule has 78 valence electrons. The van der Waals surface area contributed by atoms with Crippen molar-refractivity contribution >= 4 is 29.5 Å². The highest BCUT2D eigenvalue weighted by Gasteiger charge is 2.38. The van der Waals surface area contributed by atoms with E-state index in [9.17, 15) is 9.36 Å². The van der Waals surface area contributed by atoms with Gasteiger partial charge in [-0.25, -0.2) is 0 Å². The highest BCUT2D eigenvalue weighted by atomic mass is 79.9. The van der Waals surface area contributed by atoms with Gasteiger partial charge in [0.15, 0.2) is 0 Å². The first-order chi connectivity index (χ1) is 6.01. The molecule has 0 N–H and O–H groups in total. The number of alkyl halides is 1. The molecule has 1 unspecified atom stereocenters. The summed E-state index contributed by atoms with van der Waals surface area (Å²) in [6, 6.07) is 0. The predicted octanol–water partition coefficient (Wildman–Crippen LogP) is 1.76. The summed E-state index contributed by atoms with van der Waals surface area (Å²) in [5, 5.41) is 0. The van der Waals surface area contributed by atoms with Gasteiger partial charge in [-0.05, 0) is 6.92 Å². The summed E-state index contributed by atoms with van der Waals surface area (Å²) < 4.78 is 24.3. The zero-order chi connectivity index (χ0) is 10.5. The molecule has 0 spiro atoms. The molecule has 0 aliphatic rings. The molecular weight excluding hydrogens is 263 g/mol. The zero-order valence-electron chi connectivity index (χ0n) is 7.65. The maximum atomic E-state index is 11.6. The first-order valence-corrected chi connectivity index (χ1v) is 6.06. The van der Waals surface area contributed by atoms with Crippen LogP contribution in [0.4, 0.5) is 0 Å². The van der Waals surface area contributed by atoms with E-state index in [4.69, 9.17) is 0 Å². The first-order valence-electron chi connectivity index (χ1n) is 3.53. The standard InChI is InChI=1S/C6H12BrO5P/c1-4-12-6(8)5(7)13(9,10-2)11-3/h5H,4H2,1-3H3. The third-order valence-electron chi connectivity index (χ3n) is 1.27. The Bertz CT molecular complexity index is 211. The van der Waals surface area contributed by atoms with E-state index < -0.39 is 18.1 Å². The summed E-state index contributed by atoms with van der Waals surface area (Å²) in [4.78, 5) is 11.1. The molecule has 0 fully saturated rings. The van der Waals surface area contributed by atoms with Gasteiger partial charge in [-0.2, -0.15) is 0 Å². The van der Waals surface area contributed by atoms with Crippen molar-refractivity contribution in [3.8, 4) is 0 Å². The Morgan fingerprint density at radius 1 is 1.46 bits per heavy atom. The Morgan fingerprint density at radius 2 is 1.92 bits per heavy atom. The van der Waals surface area contributed by atoms with E-state index in [1.807, 2.05) is 0 Å². The highest BCUT2D eigenvalue weighted by Crippen LogP contribution is 2.54. The minimum absolute atomic E-state index is 0.217. The normalized spacial score (nSPS) is 13.8. The Balaban J connectivity index is 4.46. The largest absolute Gasteiger partial charge is 0.465 e. The van der Waals surface area contributed by atoms with Gasteiger partial charge >= 0.3 is 13.6 Å². The van der Waals surface area contributed by atoms with Crippen LogP contribution in [0.25, 0.3) is 0 Å². The molecule has 0 aromatic carbocycles. The van der Waals surface area contributed by atoms with Crippen LogP contribution in [0.3, 0.4) is 0 Å². The van der Waals surface area contributed by atoms with Crippen molar-refractivity contribution in [3.63, 3.8) is 0 Å². The topological polar surface area (TPSA) is 61.8 Å². The van der Waals surface area contributed by atoms with E-state index in [2.05, 4.69) is 29.7 Å². The fourth-order valence-corrected chi connectivity index (χ4v) is 2.59. The molecule has 0 rings (SSSR count). The lowest BCUT2D eigenvalue weighted by molar-refractivity contribution is -0.140. The average molecular weight is 275 g/mol. The Labute approximate surface area is 85.4 Å². The number of hydrogen-bond donors (Lipinski definition) is 0. The van der Waals surface area contributed by atoms with E-state index in [0.717, 1.165) is 0 Å². The van der Waals surface area contributed by atoms with Crippen molar-refractivity contribution < 1.29 is 23.1 Å². The summed E-state index contributed by atoms with van der Waals surface area (Å²) in [5.41, 5.74) is 0. The van der Waals surface area contributed by atoms with E-state index in [0.29, 0.717) is 0 Å². The van der Waals surface area contributed by atoms with Crippen LogP contribution < -0.4 is 0 Å². The lowest BCUT2D eigenvalue weighted by Gasteiger charge is -2.17. The molecule has 0 radical (unpaired) electrons. The van der Waals surface area contributed by atoms with Crippen LogP contribution in [0, 0.1) is 0 Å². The fourth-order valence-electron chi connectivity index (χ4n) is 0.600. The summed E-state index contributed by atoms with van der Waals surface area (Å²) in [5.74, 6) is -0.658. The van der Waals surface area contributed by atoms with Gasteiger partial charge in [0, 0.05) is 14.2 Å². The molecule has 0 bridgehead atoms. The fraction of sp³-hybridized carbons (Fsp3) is 0.833. The van der Waals surface area contributed by atoms with Gasteiger partial charge in [0.25, 0.3) is 0 Å². The molecule has 0 aliphatic heterocycles. The lowest BCUT2D eigenvalue weighted by Crippen LogP contribution is -2.19. The van der Waals surface area contributed by atoms with Crippen LogP contribution in [0.1, 0.15) is 6.92 Å². The summed E-state index contributed by atoms with van der Waals surface area (Å²) in [6.07, 6.45) is 0. The van der Waals surface area contributed by atoms with Gasteiger partial charge in [-0.3, -0.25) is 9.36 Å². The third-order valence-corrected chi connectivity index (χ3v) is 4.93. The molecule has 7 heteroatoms. The first kappa shape index (κ1) is 13.1. The number of ether oxygens (including phenoxy) is 1. The van der Waals surface area contributed by atoms with Crippen LogP contribution in [-0.4, -0.2) is 31.4 Å². The van der Waals surface area contributed by atoms with Crippen LogP contribution in [-0.2, 0) is 23.1 Å². The van der Waals surface area contributed by atoms with Crippen LogP contribution in [0.15, 0.2) is 0 Å². The average Bonchev–Trinajstić information content (AvgIpc) is 2.16. The van der Waals surface area contributed by atoms with Gasteiger partial charge in [0.1, 0.15) is 0 Å². The lowest BCUT2D eigenvalue weighted by atomic mass is 10.8. The zero-order valence-corrected chi connectivity index (χ0v) is 10.1. The Hall–Kier alpha value is 0.1000. The van der Waals surface area contributed by atoms with E-state index in [1.165, 1.54) is 14.2 Å². The summed E-state index contributed by atoms with van der Waals surface area (Å²) in [6.45, 7) is 1.87. The number of halogens is 1. The molecule has 0 saturated heterocycles. The second kappa shape index (κ2) is 5.75. The molecule has 0 amide bonds. The second-order valence-corrected chi connectivity index (χ2v) is 5.94. The summed E-state index contributed by atoms with van der Waals surface area (Å²) >= 11 is 2.90. The van der Waals surface area contributed by atoms with Gasteiger partial charge in [-0.1, -0.05) is 15.9 Å². The van der Waals surface area contributed by atoms with Crippen molar-refractivity contribution in [3.05, 3.63) is 0 Å². The van der Waals surface area contributed by atoms with Crippen molar-refractivity contribution in [2.45, 2.75) is 11.5 Å². The molecule has 0 aromatic rings. The molecule has 0 saturated carbocycles. The van der Waals surface area contributed by atoms with Crippen LogP contribution in [0.2, 0.25) is 0 Å². The molecule has 13 heavy (non-hydrogen) atoms. The molecule has 0 aromatic heterocycles. The van der Waals surface area contributed by atoms with Gasteiger partial charge in [-0.15, -0.1) is 0 Å². The van der Waals surface area contributed by atoms with E-state index >= 15 is 0 Å². The number of esters is 1. The van der Waals surface area contributed by atoms with Gasteiger partial charge in [0.05, 0.1) is 6.61 Å². The van der Waals surface area contributed by atoms with Crippen molar-refractivity contribution in [1.29, 1.82) is 0 Å². The minimum atomic E-state index is -3.42. The molecule has 5 nitrogen and oxygen atoms in total. The number of hydrogen-bond acceptors (Lipinski definition) is 5. The smallest absolute Gasteiger partial charge is 0.355 e. The predicted molar refractivity (Wildman–Crippen MR) is 51.0 cm³/mol. The van der Waals surface area contributed by atoms with Crippen LogP contribution >= 0.6 is 23.5 Å². The molecule has 0 aliphatic carbocycles. The van der Waals surface area contributed by atoms with Gasteiger partial charge in [0.2, 0.25) is 4.57 Å². The van der Waals surface area contributed by atoms with Crippen molar-refractivity contribution in [2.75, 3.05) is 20.8 Å². The van der Waals surface area contributed by atoms with Crippen molar-refractivity contribution in [1.82, 2.24) is 0 Å². The molecular formula is C6H12BrO5P. The van der Waals surface area contributed by atoms with E-state index in [-0.39, 0.29) is 6.61 Å². The maximum Gasteiger partial charge on any atom is 0.355 e. The Kier molecular flexibility index (Phi) is 5.80. The third kappa shape index (κ3) is 3.38. The highest BCUT2D eigenvalue weighted by molar-refractivity contribution is 9.11. The quantitative estimate of drug-likeness (QED) is 0.434. The molecule has 0 heterocycles. The van der Waals surface area contributed by atoms with E-state index in [1.54, 1.807) is 6.92 Å². The van der Waals surface area contributed by atoms with Crippen LogP contribution in [0.5, 0.6) is 0 Å². The number of rotatable bonds is 5. The Morgan fingerprint density at radius 3 is 2.23 bits per heavy atom. The van der Waals surface area contributed by atoms with Gasteiger partial charge < -0.3 is 13.8 Å². The van der Waals surface area contributed by atoms with Crippen molar-refractivity contribution in [2.24, 2.45) is 0 Å². The molecule has 1 atom stereocenters. The summed E-state index contributed by atoms with van der Waals surface area (Å²) in [7, 11) is -1.00. The number of carbonyl (C=O) groups excluding carboxylic acids is 1. The monoisotopic (exact) mass is 274 g/mol. The SMILES string of the molecule is CCOC(=O)C(Br)P(=O)(OC)OC. The maximum absolute atomic E-state index is 11.6.